The van der Waals surface area contributed by atoms with E-state index < -0.39 is 7.82 Å². The fraction of sp³-hybridized carbons (Fsp3) is 0.0625. The molecule has 0 aliphatic carbocycles. The number of phosphoric acid groups is 1. The van der Waals surface area contributed by atoms with Gasteiger partial charge in [0.25, 0.3) is 0 Å². The van der Waals surface area contributed by atoms with E-state index in [1.165, 1.54) is 0 Å². The molecule has 2 heterocycles. The van der Waals surface area contributed by atoms with Crippen LogP contribution in [0.5, 0.6) is 23.0 Å². The second kappa shape index (κ2) is 23.5. The summed E-state index contributed by atoms with van der Waals surface area (Å²) in [7, 11) is -4.64. The maximum Gasteiger partial charge on any atom is 0.466 e. The zero-order valence-corrected chi connectivity index (χ0v) is 40.4. The fourth-order valence-electron chi connectivity index (χ4n) is 8.75. The van der Waals surface area contributed by atoms with Crippen molar-refractivity contribution in [1.29, 1.82) is 0 Å². The number of rotatable bonds is 14. The minimum Gasteiger partial charge on any atom is -0.492 e. The van der Waals surface area contributed by atoms with Crippen LogP contribution in [0.15, 0.2) is 182 Å². The third-order valence-electron chi connectivity index (χ3n) is 12.1. The third kappa shape index (κ3) is 12.7. The van der Waals surface area contributed by atoms with E-state index in [1.807, 2.05) is 24.3 Å². The largest absolute Gasteiger partial charge is 0.492 e. The summed E-state index contributed by atoms with van der Waals surface area (Å²) in [5.74, 6) is 3.23. The van der Waals surface area contributed by atoms with E-state index in [0.29, 0.717) is 26.1 Å². The topological polar surface area (TPSA) is 105 Å². The fourth-order valence-corrected chi connectivity index (χ4v) is 8.75. The number of hydrogen-bond donors (Lipinski definition) is 3. The molecule has 0 saturated carbocycles. The Balaban J connectivity index is 0.00000122. The van der Waals surface area contributed by atoms with Crippen LogP contribution in [-0.4, -0.2) is 27.9 Å². The van der Waals surface area contributed by atoms with Gasteiger partial charge in [-0.15, -0.1) is 0 Å². The van der Waals surface area contributed by atoms with E-state index in [-0.39, 0.29) is 0 Å². The maximum atomic E-state index is 8.88. The van der Waals surface area contributed by atoms with Crippen LogP contribution in [0.2, 0.25) is 0 Å². The molecule has 0 saturated heterocycles. The van der Waals surface area contributed by atoms with Gasteiger partial charge in [-0.25, -0.2) is 4.57 Å². The van der Waals surface area contributed by atoms with Gasteiger partial charge in [0, 0.05) is 46.2 Å². The standard InChI is InChI=1S/C64H50O3.H3O4P/c1-7-19-47(20-8-1)31-37-53-55(39-33-49-23-11-3-12-24-49)61-59(43-45-65-61)63(57(53)41-35-51-27-15-5-16-28-51)67-64-58(42-36-52-29-17-6-18-30-52)54(38-32-48-21-9-2-10-22-48)56(62-60(64)44-46-66-62)40-34-50-25-13-4-14-26-50;1-5(2,3)4/h1-42H,43-46H2;(H3,1,2,3,4). The van der Waals surface area contributed by atoms with Crippen molar-refractivity contribution in [3.8, 4) is 23.0 Å². The Morgan fingerprint density at radius 3 is 0.806 bits per heavy atom. The second-order valence-corrected chi connectivity index (χ2v) is 18.1. The lowest BCUT2D eigenvalue weighted by Crippen LogP contribution is -2.03. The summed E-state index contributed by atoms with van der Waals surface area (Å²) in [6.45, 7) is 1.09. The Morgan fingerprint density at radius 2 is 0.556 bits per heavy atom. The van der Waals surface area contributed by atoms with E-state index in [2.05, 4.69) is 231 Å². The van der Waals surface area contributed by atoms with Crippen molar-refractivity contribution in [3.05, 3.63) is 260 Å². The van der Waals surface area contributed by atoms with Gasteiger partial charge < -0.3 is 28.9 Å². The van der Waals surface area contributed by atoms with Crippen molar-refractivity contribution in [1.82, 2.24) is 0 Å². The average molecular weight is 965 g/mol. The summed E-state index contributed by atoms with van der Waals surface area (Å²) in [6.07, 6.45) is 27.7. The first-order valence-electron chi connectivity index (χ1n) is 23.8. The van der Waals surface area contributed by atoms with Crippen molar-refractivity contribution in [3.63, 3.8) is 0 Å². The predicted molar refractivity (Wildman–Crippen MR) is 298 cm³/mol. The van der Waals surface area contributed by atoms with Crippen molar-refractivity contribution < 1.29 is 33.5 Å². The summed E-state index contributed by atoms with van der Waals surface area (Å²) < 4.78 is 30.0. The molecule has 0 atom stereocenters. The highest BCUT2D eigenvalue weighted by Gasteiger charge is 2.32. The molecule has 72 heavy (non-hydrogen) atoms. The van der Waals surface area contributed by atoms with Gasteiger partial charge in [-0.2, -0.15) is 0 Å². The molecular weight excluding hydrogens is 912 g/mol. The molecule has 0 aromatic heterocycles. The molecule has 0 fully saturated rings. The molecule has 8 heteroatoms. The molecule has 0 unspecified atom stereocenters. The number of ether oxygens (including phenoxy) is 3. The quantitative estimate of drug-likeness (QED) is 0.0736. The van der Waals surface area contributed by atoms with Crippen LogP contribution in [-0.2, 0) is 17.4 Å². The molecule has 2 aliphatic rings. The van der Waals surface area contributed by atoms with Gasteiger partial charge >= 0.3 is 7.82 Å². The highest BCUT2D eigenvalue weighted by atomic mass is 31.2. The first-order chi connectivity index (χ1) is 35.2. The van der Waals surface area contributed by atoms with Crippen LogP contribution >= 0.6 is 7.82 Å². The van der Waals surface area contributed by atoms with Crippen LogP contribution < -0.4 is 14.2 Å². The Hall–Kier alpha value is -8.29. The average Bonchev–Trinajstić information content (AvgIpc) is 4.11. The van der Waals surface area contributed by atoms with Gasteiger partial charge in [0.1, 0.15) is 23.0 Å². The van der Waals surface area contributed by atoms with Gasteiger partial charge in [0.05, 0.1) is 13.2 Å². The Morgan fingerprint density at radius 1 is 0.333 bits per heavy atom. The highest BCUT2D eigenvalue weighted by molar-refractivity contribution is 7.45. The number of hydrogen-bond acceptors (Lipinski definition) is 4. The van der Waals surface area contributed by atoms with Gasteiger partial charge in [-0.1, -0.05) is 243 Å². The second-order valence-electron chi connectivity index (χ2n) is 17.0. The summed E-state index contributed by atoms with van der Waals surface area (Å²) in [5, 5.41) is 0. The summed E-state index contributed by atoms with van der Waals surface area (Å²) in [4.78, 5) is 21.6. The zero-order chi connectivity index (χ0) is 49.5. The summed E-state index contributed by atoms with van der Waals surface area (Å²) in [5.41, 5.74) is 14.6. The van der Waals surface area contributed by atoms with E-state index >= 15 is 0 Å². The lowest BCUT2D eigenvalue weighted by Gasteiger charge is -2.23. The lowest BCUT2D eigenvalue weighted by atomic mass is 9.90. The molecule has 7 nitrogen and oxygen atoms in total. The van der Waals surface area contributed by atoms with Gasteiger partial charge in [0.2, 0.25) is 0 Å². The van der Waals surface area contributed by atoms with Gasteiger partial charge in [-0.3, -0.25) is 0 Å². The smallest absolute Gasteiger partial charge is 0.466 e. The van der Waals surface area contributed by atoms with Crippen LogP contribution in [0, 0.1) is 0 Å². The van der Waals surface area contributed by atoms with E-state index in [1.54, 1.807) is 0 Å². The van der Waals surface area contributed by atoms with Gasteiger partial charge in [-0.05, 0) is 56.7 Å². The molecule has 8 aromatic carbocycles. The normalized spacial score (nSPS) is 13.2. The molecule has 8 aromatic rings. The summed E-state index contributed by atoms with van der Waals surface area (Å²) in [6, 6.07) is 62.7. The third-order valence-corrected chi connectivity index (χ3v) is 12.1. The van der Waals surface area contributed by atoms with Crippen molar-refractivity contribution in [2.24, 2.45) is 0 Å². The molecule has 356 valence electrons. The van der Waals surface area contributed by atoms with Crippen LogP contribution in [0.25, 0.3) is 72.9 Å². The van der Waals surface area contributed by atoms with Crippen molar-refractivity contribution in [2.45, 2.75) is 12.8 Å². The number of benzene rings is 8. The molecule has 0 bridgehead atoms. The van der Waals surface area contributed by atoms with Gasteiger partial charge in [0.15, 0.2) is 0 Å². The molecule has 0 radical (unpaired) electrons. The minimum atomic E-state index is -4.64. The summed E-state index contributed by atoms with van der Waals surface area (Å²) >= 11 is 0. The Bertz CT molecular complexity index is 3120. The first kappa shape index (κ1) is 48.7. The molecular formula is C64H53O7P. The SMILES string of the molecule is C(=Cc1c(C=Cc2ccccc2)c2c(c(Oc3c(C=Cc4ccccc4)c(C=Cc4ccccc4)c(C=Cc4ccccc4)c4c3CCO4)c1C=Cc1ccccc1)CCO2)c1ccccc1.O=P(O)(O)O. The Labute approximate surface area is 421 Å². The van der Waals surface area contributed by atoms with E-state index in [4.69, 9.17) is 33.5 Å². The van der Waals surface area contributed by atoms with E-state index in [0.717, 1.165) is 101 Å². The monoisotopic (exact) mass is 964 g/mol. The molecule has 3 N–H and O–H groups in total. The maximum absolute atomic E-state index is 8.88. The molecule has 0 spiro atoms. The number of fused-ring (bicyclic) bond motifs is 2. The molecule has 2 aliphatic heterocycles. The molecule has 10 rings (SSSR count). The van der Waals surface area contributed by atoms with Crippen LogP contribution in [0.1, 0.15) is 77.9 Å². The van der Waals surface area contributed by atoms with E-state index in [9.17, 15) is 0 Å². The predicted octanol–water partition coefficient (Wildman–Crippen LogP) is 15.4. The van der Waals surface area contributed by atoms with Crippen molar-refractivity contribution in [2.75, 3.05) is 13.2 Å². The lowest BCUT2D eigenvalue weighted by molar-refractivity contribution is 0.275. The van der Waals surface area contributed by atoms with Crippen LogP contribution in [0.4, 0.5) is 0 Å². The first-order valence-corrected chi connectivity index (χ1v) is 25.4. The minimum absolute atomic E-state index is 0.543. The highest BCUT2D eigenvalue weighted by Crippen LogP contribution is 2.51. The van der Waals surface area contributed by atoms with Crippen LogP contribution in [0.3, 0.4) is 0 Å². The Kier molecular flexibility index (Phi) is 15.9. The van der Waals surface area contributed by atoms with Crippen molar-refractivity contribution >= 4 is 80.7 Å². The zero-order valence-electron chi connectivity index (χ0n) is 39.5. The molecule has 0 amide bonds.